The van der Waals surface area contributed by atoms with Gasteiger partial charge in [0, 0.05) is 24.6 Å². The summed E-state index contributed by atoms with van der Waals surface area (Å²) in [5.41, 5.74) is 7.20. The van der Waals surface area contributed by atoms with Crippen LogP contribution in [0.25, 0.3) is 0 Å². The molecule has 0 aromatic carbocycles. The first-order valence-corrected chi connectivity index (χ1v) is 8.08. The highest BCUT2D eigenvalue weighted by molar-refractivity contribution is 7.99. The summed E-state index contributed by atoms with van der Waals surface area (Å²) in [6, 6.07) is 14.4. The lowest BCUT2D eigenvalue weighted by Gasteiger charge is -2.07. The second-order valence-corrected chi connectivity index (χ2v) is 5.87. The Balaban J connectivity index is 1.73. The molecule has 7 heteroatoms. The van der Waals surface area contributed by atoms with Gasteiger partial charge < -0.3 is 11.1 Å². The number of pyridine rings is 3. The maximum Gasteiger partial charge on any atom is 0.274 e. The molecule has 6 nitrogen and oxygen atoms in total. The molecule has 0 radical (unpaired) electrons. The van der Waals surface area contributed by atoms with E-state index in [0.29, 0.717) is 23.6 Å². The highest BCUT2D eigenvalue weighted by atomic mass is 32.2. The van der Waals surface area contributed by atoms with E-state index in [-0.39, 0.29) is 5.91 Å². The fourth-order valence-corrected chi connectivity index (χ4v) is 2.75. The number of nitrogens with one attached hydrogen (secondary N) is 1. The Bertz CT molecular complexity index is 841. The molecule has 3 N–H and O–H groups in total. The van der Waals surface area contributed by atoms with Crippen LogP contribution >= 0.6 is 11.8 Å². The van der Waals surface area contributed by atoms with Gasteiger partial charge in [-0.25, -0.2) is 15.0 Å². The van der Waals surface area contributed by atoms with E-state index in [1.807, 2.05) is 18.2 Å². The average Bonchev–Trinajstić information content (AvgIpc) is 2.63. The highest BCUT2D eigenvalue weighted by Crippen LogP contribution is 2.25. The summed E-state index contributed by atoms with van der Waals surface area (Å²) in [6.07, 6.45) is 3.37. The minimum absolute atomic E-state index is 0.287. The molecule has 24 heavy (non-hydrogen) atoms. The van der Waals surface area contributed by atoms with Crippen LogP contribution in [0.5, 0.6) is 0 Å². The summed E-state index contributed by atoms with van der Waals surface area (Å²) < 4.78 is 0. The van der Waals surface area contributed by atoms with Crippen molar-refractivity contribution in [1.29, 1.82) is 0 Å². The number of nitrogens with zero attached hydrogens (tertiary/aromatic N) is 3. The van der Waals surface area contributed by atoms with E-state index in [0.717, 1.165) is 10.1 Å². The molecule has 3 rings (SSSR count). The van der Waals surface area contributed by atoms with Gasteiger partial charge in [0.2, 0.25) is 0 Å². The van der Waals surface area contributed by atoms with Gasteiger partial charge in [-0.3, -0.25) is 4.79 Å². The molecule has 3 heterocycles. The van der Waals surface area contributed by atoms with Crippen LogP contribution in [0, 0.1) is 0 Å². The number of carbonyl (C=O) groups excluding carboxylic acids is 1. The Kier molecular flexibility index (Phi) is 5.15. The van der Waals surface area contributed by atoms with Crippen LogP contribution in [0.3, 0.4) is 0 Å². The molecule has 1 amide bonds. The molecule has 0 bridgehead atoms. The van der Waals surface area contributed by atoms with Crippen molar-refractivity contribution >= 4 is 23.4 Å². The van der Waals surface area contributed by atoms with Crippen LogP contribution in [-0.4, -0.2) is 20.9 Å². The van der Waals surface area contributed by atoms with Gasteiger partial charge in [0.1, 0.15) is 15.7 Å². The van der Waals surface area contributed by atoms with Gasteiger partial charge >= 0.3 is 0 Å². The number of hydrogen-bond donors (Lipinski definition) is 2. The molecule has 3 aromatic heterocycles. The van der Waals surface area contributed by atoms with Crippen LogP contribution in [0.4, 0.5) is 5.69 Å². The third-order valence-electron chi connectivity index (χ3n) is 3.09. The molecule has 0 aliphatic rings. The first kappa shape index (κ1) is 16.1. The molecule has 0 fully saturated rings. The topological polar surface area (TPSA) is 93.8 Å². The van der Waals surface area contributed by atoms with Crippen LogP contribution in [0.2, 0.25) is 0 Å². The molecular weight excluding hydrogens is 322 g/mol. The molecule has 0 unspecified atom stereocenters. The van der Waals surface area contributed by atoms with Gasteiger partial charge in [0.05, 0.1) is 5.69 Å². The Morgan fingerprint density at radius 3 is 2.71 bits per heavy atom. The largest absolute Gasteiger partial charge is 0.325 e. The van der Waals surface area contributed by atoms with E-state index in [4.69, 9.17) is 5.73 Å². The van der Waals surface area contributed by atoms with Crippen LogP contribution in [-0.2, 0) is 6.54 Å². The van der Waals surface area contributed by atoms with Gasteiger partial charge in [-0.05, 0) is 36.4 Å². The Hall–Kier alpha value is -2.77. The molecule has 120 valence electrons. The summed E-state index contributed by atoms with van der Waals surface area (Å²) in [7, 11) is 0. The quantitative estimate of drug-likeness (QED) is 0.743. The zero-order valence-electron chi connectivity index (χ0n) is 12.7. The molecule has 0 saturated heterocycles. The molecule has 0 spiro atoms. The maximum atomic E-state index is 12.3. The number of carbonyl (C=O) groups is 1. The highest BCUT2D eigenvalue weighted by Gasteiger charge is 2.09. The number of aromatic nitrogens is 3. The lowest BCUT2D eigenvalue weighted by atomic mass is 10.3. The van der Waals surface area contributed by atoms with E-state index in [1.54, 1.807) is 42.7 Å². The number of hydrogen-bond acceptors (Lipinski definition) is 6. The third kappa shape index (κ3) is 4.15. The smallest absolute Gasteiger partial charge is 0.274 e. The molecule has 0 atom stereocenters. The normalized spacial score (nSPS) is 10.4. The molecule has 0 aliphatic heterocycles. The lowest BCUT2D eigenvalue weighted by molar-refractivity contribution is 0.102. The van der Waals surface area contributed by atoms with E-state index in [2.05, 4.69) is 20.3 Å². The van der Waals surface area contributed by atoms with Crippen molar-refractivity contribution in [2.24, 2.45) is 5.73 Å². The van der Waals surface area contributed by atoms with Gasteiger partial charge in [-0.15, -0.1) is 0 Å². The summed E-state index contributed by atoms with van der Waals surface area (Å²) in [4.78, 5) is 25.0. The van der Waals surface area contributed by atoms with Crippen molar-refractivity contribution in [3.05, 3.63) is 72.3 Å². The molecule has 3 aromatic rings. The van der Waals surface area contributed by atoms with Crippen molar-refractivity contribution < 1.29 is 4.79 Å². The molecule has 0 saturated carbocycles. The predicted molar refractivity (Wildman–Crippen MR) is 92.7 cm³/mol. The monoisotopic (exact) mass is 337 g/mol. The SMILES string of the molecule is NCc1cccc(C(=O)Nc2ccnc(Sc3ccccn3)c2)n1. The van der Waals surface area contributed by atoms with E-state index >= 15 is 0 Å². The van der Waals surface area contributed by atoms with Gasteiger partial charge in [0.15, 0.2) is 0 Å². The molecular formula is C17H15N5OS. The van der Waals surface area contributed by atoms with Gasteiger partial charge in [0.25, 0.3) is 5.91 Å². The van der Waals surface area contributed by atoms with Crippen LogP contribution in [0.15, 0.2) is 71.0 Å². The Labute approximate surface area is 143 Å². The predicted octanol–water partition coefficient (Wildman–Crippen LogP) is 2.73. The average molecular weight is 337 g/mol. The maximum absolute atomic E-state index is 12.3. The fourth-order valence-electron chi connectivity index (χ4n) is 1.97. The Morgan fingerprint density at radius 2 is 1.92 bits per heavy atom. The standard InChI is InChI=1S/C17H15N5OS/c18-11-13-4-3-5-14(21-13)17(23)22-12-7-9-20-16(10-12)24-15-6-1-2-8-19-15/h1-10H,11,18H2,(H,20,22,23). The minimum Gasteiger partial charge on any atom is -0.325 e. The van der Waals surface area contributed by atoms with Crippen molar-refractivity contribution in [1.82, 2.24) is 15.0 Å². The summed E-state index contributed by atoms with van der Waals surface area (Å²) in [5.74, 6) is -0.287. The second-order valence-electron chi connectivity index (χ2n) is 4.83. The number of nitrogens with two attached hydrogens (primary N) is 1. The first-order chi connectivity index (χ1) is 11.7. The van der Waals surface area contributed by atoms with Crippen molar-refractivity contribution in [3.63, 3.8) is 0 Å². The Morgan fingerprint density at radius 1 is 1.04 bits per heavy atom. The first-order valence-electron chi connectivity index (χ1n) is 7.27. The van der Waals surface area contributed by atoms with Gasteiger partial charge in [-0.1, -0.05) is 23.9 Å². The van der Waals surface area contributed by atoms with E-state index in [1.165, 1.54) is 11.8 Å². The van der Waals surface area contributed by atoms with Crippen LogP contribution < -0.4 is 11.1 Å². The zero-order valence-corrected chi connectivity index (χ0v) is 13.5. The summed E-state index contributed by atoms with van der Waals surface area (Å²) >= 11 is 1.43. The summed E-state index contributed by atoms with van der Waals surface area (Å²) in [5, 5.41) is 4.40. The summed E-state index contributed by atoms with van der Waals surface area (Å²) in [6.45, 7) is 0.293. The van der Waals surface area contributed by atoms with Crippen molar-refractivity contribution in [2.75, 3.05) is 5.32 Å². The minimum atomic E-state index is -0.287. The van der Waals surface area contributed by atoms with Crippen LogP contribution in [0.1, 0.15) is 16.2 Å². The zero-order chi connectivity index (χ0) is 16.8. The number of anilines is 1. The second kappa shape index (κ2) is 7.67. The lowest BCUT2D eigenvalue weighted by Crippen LogP contribution is -2.15. The number of rotatable bonds is 5. The molecule has 0 aliphatic carbocycles. The third-order valence-corrected chi connectivity index (χ3v) is 3.97. The van der Waals surface area contributed by atoms with Crippen molar-refractivity contribution in [3.8, 4) is 0 Å². The fraction of sp³-hybridized carbons (Fsp3) is 0.0588. The van der Waals surface area contributed by atoms with Crippen molar-refractivity contribution in [2.45, 2.75) is 16.6 Å². The number of amides is 1. The van der Waals surface area contributed by atoms with E-state index in [9.17, 15) is 4.79 Å². The van der Waals surface area contributed by atoms with Gasteiger partial charge in [-0.2, -0.15) is 0 Å². The van der Waals surface area contributed by atoms with E-state index < -0.39 is 0 Å².